The second kappa shape index (κ2) is 9.24. The van der Waals surface area contributed by atoms with Gasteiger partial charge in [-0.1, -0.05) is 0 Å². The van der Waals surface area contributed by atoms with Crippen LogP contribution in [0.4, 0.5) is 22.0 Å². The maximum Gasteiger partial charge on any atom is 0.417 e. The van der Waals surface area contributed by atoms with E-state index in [1.807, 2.05) is 0 Å². The number of fused-ring (bicyclic) bond motifs is 3. The second-order valence-electron chi connectivity index (χ2n) is 10.2. The molecule has 5 rings (SSSR count). The second-order valence-corrected chi connectivity index (χ2v) is 10.2. The molecule has 37 heavy (non-hydrogen) atoms. The van der Waals surface area contributed by atoms with Gasteiger partial charge in [0.25, 0.3) is 0 Å². The van der Waals surface area contributed by atoms with E-state index in [2.05, 4.69) is 9.97 Å². The first kappa shape index (κ1) is 25.4. The highest BCUT2D eigenvalue weighted by Crippen LogP contribution is 2.56. The van der Waals surface area contributed by atoms with Crippen molar-refractivity contribution in [2.45, 2.75) is 57.4 Å². The molecule has 0 spiro atoms. The van der Waals surface area contributed by atoms with Crippen LogP contribution in [0.3, 0.4) is 0 Å². The fourth-order valence-electron chi connectivity index (χ4n) is 4.64. The lowest BCUT2D eigenvalue weighted by atomic mass is 9.97. The molecule has 2 aromatic heterocycles. The van der Waals surface area contributed by atoms with E-state index in [9.17, 15) is 27.1 Å². The van der Waals surface area contributed by atoms with Crippen molar-refractivity contribution in [2.24, 2.45) is 5.92 Å². The van der Waals surface area contributed by atoms with Crippen LogP contribution in [-0.2, 0) is 19.2 Å². The number of pyridine rings is 2. The van der Waals surface area contributed by atoms with Crippen molar-refractivity contribution in [1.82, 2.24) is 9.97 Å². The summed E-state index contributed by atoms with van der Waals surface area (Å²) in [6, 6.07) is 4.02. The van der Waals surface area contributed by atoms with E-state index in [0.717, 1.165) is 36.7 Å². The minimum absolute atomic E-state index is 0.0450. The molecule has 2 atom stereocenters. The number of alkyl halides is 3. The highest BCUT2D eigenvalue weighted by molar-refractivity contribution is 5.69. The molecule has 1 aromatic carbocycles. The van der Waals surface area contributed by atoms with Crippen LogP contribution in [0.25, 0.3) is 11.1 Å². The molecule has 0 radical (unpaired) electrons. The summed E-state index contributed by atoms with van der Waals surface area (Å²) in [6.07, 6.45) is 0.178. The third kappa shape index (κ3) is 5.53. The minimum atomic E-state index is -4.89. The van der Waals surface area contributed by atoms with Crippen LogP contribution in [0.5, 0.6) is 11.8 Å². The first-order valence-electron chi connectivity index (χ1n) is 11.9. The third-order valence-corrected chi connectivity index (χ3v) is 6.74. The summed E-state index contributed by atoms with van der Waals surface area (Å²) in [5.74, 6) is -1.02. The Hall–Kier alpha value is -3.27. The number of ether oxygens (including phenoxy) is 2. The molecule has 10 heteroatoms. The van der Waals surface area contributed by atoms with Gasteiger partial charge in [0, 0.05) is 36.0 Å². The van der Waals surface area contributed by atoms with E-state index in [0.29, 0.717) is 17.9 Å². The molecule has 0 amide bonds. The number of rotatable bonds is 8. The lowest BCUT2D eigenvalue weighted by molar-refractivity contribution is -0.137. The van der Waals surface area contributed by atoms with Crippen LogP contribution >= 0.6 is 0 Å². The van der Waals surface area contributed by atoms with Gasteiger partial charge < -0.3 is 14.6 Å². The molecule has 2 heterocycles. The maximum absolute atomic E-state index is 14.7. The van der Waals surface area contributed by atoms with Gasteiger partial charge >= 0.3 is 6.18 Å². The van der Waals surface area contributed by atoms with Crippen molar-refractivity contribution in [3.05, 3.63) is 70.5 Å². The summed E-state index contributed by atoms with van der Waals surface area (Å²) in [5, 5.41) is 9.74. The zero-order valence-corrected chi connectivity index (χ0v) is 20.2. The first-order chi connectivity index (χ1) is 17.4. The minimum Gasteiger partial charge on any atom is -0.475 e. The van der Waals surface area contributed by atoms with Crippen molar-refractivity contribution in [2.75, 3.05) is 6.61 Å². The number of aromatic nitrogens is 2. The summed E-state index contributed by atoms with van der Waals surface area (Å²) in [6.45, 7) is 2.71. The van der Waals surface area contributed by atoms with Crippen LogP contribution in [0.2, 0.25) is 0 Å². The zero-order chi connectivity index (χ0) is 26.5. The summed E-state index contributed by atoms with van der Waals surface area (Å²) < 4.78 is 81.4. The number of benzene rings is 1. The van der Waals surface area contributed by atoms with Crippen LogP contribution in [0, 0.1) is 17.6 Å². The van der Waals surface area contributed by atoms with Crippen LogP contribution in [0.1, 0.15) is 54.9 Å². The van der Waals surface area contributed by atoms with Crippen molar-refractivity contribution in [3.63, 3.8) is 0 Å². The molecule has 0 saturated heterocycles. The summed E-state index contributed by atoms with van der Waals surface area (Å²) in [4.78, 5) is 8.06. The quantitative estimate of drug-likeness (QED) is 0.358. The Kier molecular flexibility index (Phi) is 6.34. The SMILES string of the molecule is CC(C)(O)CCOc1ncc(-c2cc(COc3cc4c(cn3)[C@@H]3C[C@@H]3C4)c(F)cc2C(F)(F)F)cc1F. The highest BCUT2D eigenvalue weighted by atomic mass is 19.4. The van der Waals surface area contributed by atoms with Gasteiger partial charge in [0.1, 0.15) is 12.4 Å². The Morgan fingerprint density at radius 2 is 1.78 bits per heavy atom. The summed E-state index contributed by atoms with van der Waals surface area (Å²) >= 11 is 0. The smallest absolute Gasteiger partial charge is 0.417 e. The Morgan fingerprint density at radius 3 is 2.49 bits per heavy atom. The van der Waals surface area contributed by atoms with E-state index in [-0.39, 0.29) is 36.6 Å². The standard InChI is InChI=1S/C27H25F5N2O3/c1-26(2,35)3-4-36-25-23(29)8-16(11-34-25)19-7-17(22(28)10-21(19)27(30,31)32)13-37-24-9-15-5-14-6-18(14)20(15)12-33-24/h7-12,14,18,35H,3-6,13H2,1-2H3/t14-,18+/m0/s1. The molecule has 0 aliphatic heterocycles. The van der Waals surface area contributed by atoms with Gasteiger partial charge in [-0.3, -0.25) is 0 Å². The normalized spacial score (nSPS) is 18.4. The number of aliphatic hydroxyl groups is 1. The van der Waals surface area contributed by atoms with Crippen molar-refractivity contribution in [1.29, 1.82) is 0 Å². The maximum atomic E-state index is 14.7. The Balaban J connectivity index is 1.39. The predicted octanol–water partition coefficient (Wildman–Crippen LogP) is 6.22. The van der Waals surface area contributed by atoms with Crippen molar-refractivity contribution in [3.8, 4) is 22.9 Å². The molecule has 0 unspecified atom stereocenters. The summed E-state index contributed by atoms with van der Waals surface area (Å²) in [5.41, 5.74) is -0.756. The van der Waals surface area contributed by atoms with E-state index in [4.69, 9.17) is 9.47 Å². The molecule has 1 N–H and O–H groups in total. The van der Waals surface area contributed by atoms with Gasteiger partial charge in [-0.2, -0.15) is 13.2 Å². The average Bonchev–Trinajstić information content (AvgIpc) is 3.48. The van der Waals surface area contributed by atoms with E-state index in [1.54, 1.807) is 26.1 Å². The van der Waals surface area contributed by atoms with Gasteiger partial charge in [-0.05, 0) is 73.4 Å². The fourth-order valence-corrected chi connectivity index (χ4v) is 4.64. The molecular weight excluding hydrogens is 495 g/mol. The largest absolute Gasteiger partial charge is 0.475 e. The van der Waals surface area contributed by atoms with Crippen LogP contribution in [0.15, 0.2) is 36.7 Å². The Morgan fingerprint density at radius 1 is 1.00 bits per heavy atom. The molecule has 1 saturated carbocycles. The van der Waals surface area contributed by atoms with Gasteiger partial charge in [-0.25, -0.2) is 18.7 Å². The van der Waals surface area contributed by atoms with Crippen LogP contribution < -0.4 is 9.47 Å². The van der Waals surface area contributed by atoms with Gasteiger partial charge in [0.15, 0.2) is 5.82 Å². The van der Waals surface area contributed by atoms with Gasteiger partial charge in [0.05, 0.1) is 17.8 Å². The number of nitrogens with zero attached hydrogens (tertiary/aromatic N) is 2. The van der Waals surface area contributed by atoms with E-state index >= 15 is 0 Å². The van der Waals surface area contributed by atoms with E-state index in [1.165, 1.54) is 5.56 Å². The lowest BCUT2D eigenvalue weighted by Crippen LogP contribution is -2.22. The fraction of sp³-hybridized carbons (Fsp3) is 0.407. The van der Waals surface area contributed by atoms with Gasteiger partial charge in [-0.15, -0.1) is 0 Å². The third-order valence-electron chi connectivity index (χ3n) is 6.74. The highest BCUT2D eigenvalue weighted by Gasteiger charge is 2.45. The molecule has 2 aliphatic rings. The first-order valence-corrected chi connectivity index (χ1v) is 11.9. The zero-order valence-electron chi connectivity index (χ0n) is 20.2. The number of halogens is 5. The molecular formula is C27H25F5N2O3. The molecule has 1 fully saturated rings. The number of hydrogen-bond acceptors (Lipinski definition) is 5. The monoisotopic (exact) mass is 520 g/mol. The topological polar surface area (TPSA) is 64.5 Å². The average molecular weight is 520 g/mol. The van der Waals surface area contributed by atoms with Crippen LogP contribution in [-0.4, -0.2) is 27.3 Å². The Labute approximate surface area is 210 Å². The molecule has 5 nitrogen and oxygen atoms in total. The molecule has 196 valence electrons. The molecule has 0 bridgehead atoms. The molecule has 3 aromatic rings. The summed E-state index contributed by atoms with van der Waals surface area (Å²) in [7, 11) is 0. The van der Waals surface area contributed by atoms with Crippen molar-refractivity contribution >= 4 is 0 Å². The Bertz CT molecular complexity index is 1340. The van der Waals surface area contributed by atoms with E-state index < -0.39 is 40.4 Å². The van der Waals surface area contributed by atoms with Crippen molar-refractivity contribution < 1.29 is 36.5 Å². The lowest BCUT2D eigenvalue weighted by Gasteiger charge is -2.18. The molecule has 2 aliphatic carbocycles. The number of hydrogen-bond donors (Lipinski definition) is 1. The predicted molar refractivity (Wildman–Crippen MR) is 124 cm³/mol. The van der Waals surface area contributed by atoms with Gasteiger partial charge in [0.2, 0.25) is 11.8 Å².